The largest absolute Gasteiger partial charge is 0.354 e. The Morgan fingerprint density at radius 2 is 2.31 bits per heavy atom. The van der Waals surface area contributed by atoms with Crippen LogP contribution in [-0.4, -0.2) is 29.5 Å². The van der Waals surface area contributed by atoms with Gasteiger partial charge in [0.1, 0.15) is 0 Å². The van der Waals surface area contributed by atoms with Crippen molar-refractivity contribution in [2.75, 3.05) is 12.3 Å². The third-order valence-electron chi connectivity index (χ3n) is 3.34. The Hall–Kier alpha value is -0.220. The van der Waals surface area contributed by atoms with Gasteiger partial charge in [-0.1, -0.05) is 26.7 Å². The van der Waals surface area contributed by atoms with Gasteiger partial charge >= 0.3 is 0 Å². The maximum Gasteiger partial charge on any atom is 0.237 e. The molecule has 1 aliphatic rings. The van der Waals surface area contributed by atoms with Gasteiger partial charge in [-0.25, -0.2) is 0 Å². The number of hydrogen-bond acceptors (Lipinski definition) is 3. The highest BCUT2D eigenvalue weighted by Crippen LogP contribution is 2.24. The van der Waals surface area contributed by atoms with Gasteiger partial charge in [0.2, 0.25) is 5.91 Å². The van der Waals surface area contributed by atoms with Crippen LogP contribution in [0.2, 0.25) is 0 Å². The molecule has 1 amide bonds. The summed E-state index contributed by atoms with van der Waals surface area (Å²) in [7, 11) is 0. The highest BCUT2D eigenvalue weighted by molar-refractivity contribution is 7.99. The molecule has 4 heteroatoms. The Balaban J connectivity index is 2.23. The molecule has 1 heterocycles. The summed E-state index contributed by atoms with van der Waals surface area (Å²) in [4.78, 5) is 11.7. The van der Waals surface area contributed by atoms with E-state index in [2.05, 4.69) is 12.2 Å². The van der Waals surface area contributed by atoms with Crippen LogP contribution in [0.3, 0.4) is 0 Å². The van der Waals surface area contributed by atoms with Crippen LogP contribution in [0.25, 0.3) is 0 Å². The summed E-state index contributed by atoms with van der Waals surface area (Å²) in [6, 6.07) is -0.349. The van der Waals surface area contributed by atoms with Gasteiger partial charge in [-0.3, -0.25) is 4.79 Å². The van der Waals surface area contributed by atoms with E-state index in [0.29, 0.717) is 5.25 Å². The maximum atomic E-state index is 11.7. The Kier molecular flexibility index (Phi) is 6.21. The van der Waals surface area contributed by atoms with E-state index in [9.17, 15) is 4.79 Å². The Morgan fingerprint density at radius 3 is 2.88 bits per heavy atom. The predicted molar refractivity (Wildman–Crippen MR) is 70.5 cm³/mol. The second-order valence-corrected chi connectivity index (χ2v) is 6.05. The Labute approximate surface area is 103 Å². The van der Waals surface area contributed by atoms with Crippen LogP contribution >= 0.6 is 11.8 Å². The summed E-state index contributed by atoms with van der Waals surface area (Å²) in [5.41, 5.74) is 5.87. The van der Waals surface area contributed by atoms with Gasteiger partial charge < -0.3 is 11.1 Å². The van der Waals surface area contributed by atoms with E-state index in [4.69, 9.17) is 5.73 Å². The Bertz CT molecular complexity index is 217. The molecule has 0 aromatic rings. The van der Waals surface area contributed by atoms with Crippen LogP contribution in [0, 0.1) is 5.92 Å². The molecule has 0 spiro atoms. The number of rotatable bonds is 5. The molecule has 0 aromatic heterocycles. The zero-order valence-electron chi connectivity index (χ0n) is 10.4. The number of nitrogens with one attached hydrogen (secondary N) is 1. The van der Waals surface area contributed by atoms with Crippen molar-refractivity contribution in [3.63, 3.8) is 0 Å². The van der Waals surface area contributed by atoms with E-state index in [1.54, 1.807) is 0 Å². The van der Waals surface area contributed by atoms with Crippen molar-refractivity contribution in [1.82, 2.24) is 5.32 Å². The van der Waals surface area contributed by atoms with Crippen molar-refractivity contribution in [3.8, 4) is 0 Å². The van der Waals surface area contributed by atoms with Crippen LogP contribution in [-0.2, 0) is 4.79 Å². The van der Waals surface area contributed by atoms with Gasteiger partial charge in [-0.2, -0.15) is 11.8 Å². The van der Waals surface area contributed by atoms with Gasteiger partial charge in [0.05, 0.1) is 6.04 Å². The van der Waals surface area contributed by atoms with Gasteiger partial charge in [-0.05, 0) is 24.5 Å². The molecule has 94 valence electrons. The van der Waals surface area contributed by atoms with E-state index in [1.807, 2.05) is 18.7 Å². The zero-order chi connectivity index (χ0) is 12.0. The fourth-order valence-corrected chi connectivity index (χ4v) is 3.05. The summed E-state index contributed by atoms with van der Waals surface area (Å²) < 4.78 is 0. The van der Waals surface area contributed by atoms with E-state index < -0.39 is 0 Å². The number of amides is 1. The minimum Gasteiger partial charge on any atom is -0.354 e. The van der Waals surface area contributed by atoms with E-state index in [1.165, 1.54) is 25.0 Å². The first-order valence-electron chi connectivity index (χ1n) is 6.30. The average molecular weight is 244 g/mol. The van der Waals surface area contributed by atoms with E-state index >= 15 is 0 Å². The number of carbonyl (C=O) groups is 1. The molecule has 3 nitrogen and oxygen atoms in total. The van der Waals surface area contributed by atoms with E-state index in [-0.39, 0.29) is 17.9 Å². The van der Waals surface area contributed by atoms with Gasteiger partial charge in [0, 0.05) is 11.8 Å². The van der Waals surface area contributed by atoms with Crippen LogP contribution in [0.15, 0.2) is 0 Å². The topological polar surface area (TPSA) is 55.1 Å². The minimum atomic E-state index is -0.349. The molecule has 0 radical (unpaired) electrons. The molecule has 0 bridgehead atoms. The summed E-state index contributed by atoms with van der Waals surface area (Å²) in [5, 5.41) is 3.58. The van der Waals surface area contributed by atoms with Crippen molar-refractivity contribution in [3.05, 3.63) is 0 Å². The maximum absolute atomic E-state index is 11.7. The summed E-state index contributed by atoms with van der Waals surface area (Å²) in [6.45, 7) is 4.88. The molecule has 1 fully saturated rings. The van der Waals surface area contributed by atoms with Crippen molar-refractivity contribution >= 4 is 17.7 Å². The molecule has 0 aliphatic carbocycles. The second-order valence-electron chi connectivity index (χ2n) is 4.65. The molecule has 0 aromatic carbocycles. The fraction of sp³-hybridized carbons (Fsp3) is 0.917. The van der Waals surface area contributed by atoms with Gasteiger partial charge in [0.15, 0.2) is 0 Å². The number of hydrogen-bond donors (Lipinski definition) is 2. The monoisotopic (exact) mass is 244 g/mol. The highest BCUT2D eigenvalue weighted by Gasteiger charge is 2.21. The van der Waals surface area contributed by atoms with Crippen molar-refractivity contribution in [1.29, 1.82) is 0 Å². The van der Waals surface area contributed by atoms with Crippen LogP contribution in [0.5, 0.6) is 0 Å². The lowest BCUT2D eigenvalue weighted by Crippen LogP contribution is -2.46. The molecular formula is C12H24N2OS. The molecule has 1 aliphatic heterocycles. The minimum absolute atomic E-state index is 0.0144. The SMILES string of the molecule is CCC(C)[C@H](N)C(=O)NCC1CCCCS1. The second kappa shape index (κ2) is 7.17. The lowest BCUT2D eigenvalue weighted by Gasteiger charge is -2.23. The average Bonchev–Trinajstić information content (AvgIpc) is 2.35. The van der Waals surface area contributed by atoms with Crippen LogP contribution in [0.1, 0.15) is 39.5 Å². The highest BCUT2D eigenvalue weighted by atomic mass is 32.2. The molecule has 3 atom stereocenters. The first-order chi connectivity index (χ1) is 7.65. The molecule has 2 unspecified atom stereocenters. The van der Waals surface area contributed by atoms with Gasteiger partial charge in [-0.15, -0.1) is 0 Å². The zero-order valence-corrected chi connectivity index (χ0v) is 11.2. The van der Waals surface area contributed by atoms with Gasteiger partial charge in [0.25, 0.3) is 0 Å². The summed E-state index contributed by atoms with van der Waals surface area (Å²) >= 11 is 1.98. The molecule has 1 rings (SSSR count). The third-order valence-corrected chi connectivity index (χ3v) is 4.74. The summed E-state index contributed by atoms with van der Waals surface area (Å²) in [6.07, 6.45) is 4.79. The quantitative estimate of drug-likeness (QED) is 0.775. The lowest BCUT2D eigenvalue weighted by molar-refractivity contribution is -0.123. The molecule has 3 N–H and O–H groups in total. The normalized spacial score (nSPS) is 24.8. The van der Waals surface area contributed by atoms with E-state index in [0.717, 1.165) is 13.0 Å². The number of thioether (sulfide) groups is 1. The Morgan fingerprint density at radius 1 is 1.56 bits per heavy atom. The fourth-order valence-electron chi connectivity index (χ4n) is 1.81. The lowest BCUT2D eigenvalue weighted by atomic mass is 9.99. The van der Waals surface area contributed by atoms with Crippen molar-refractivity contribution in [2.24, 2.45) is 11.7 Å². The molecule has 0 saturated carbocycles. The number of nitrogens with two attached hydrogens (primary N) is 1. The first-order valence-corrected chi connectivity index (χ1v) is 7.35. The standard InChI is InChI=1S/C12H24N2OS/c1-3-9(2)11(13)12(15)14-8-10-6-4-5-7-16-10/h9-11H,3-8,13H2,1-2H3,(H,14,15)/t9?,10?,11-/m0/s1. The summed E-state index contributed by atoms with van der Waals surface area (Å²) in [5.74, 6) is 1.51. The molecular weight excluding hydrogens is 220 g/mol. The van der Waals surface area contributed by atoms with Crippen LogP contribution in [0.4, 0.5) is 0 Å². The first kappa shape index (κ1) is 13.8. The third kappa shape index (κ3) is 4.34. The van der Waals surface area contributed by atoms with Crippen molar-refractivity contribution < 1.29 is 4.79 Å². The smallest absolute Gasteiger partial charge is 0.237 e. The number of carbonyl (C=O) groups excluding carboxylic acids is 1. The van der Waals surface area contributed by atoms with Crippen molar-refractivity contribution in [2.45, 2.75) is 50.8 Å². The molecule has 16 heavy (non-hydrogen) atoms. The predicted octanol–water partition coefficient (Wildman–Crippen LogP) is 1.76. The van der Waals surface area contributed by atoms with Crippen LogP contribution < -0.4 is 11.1 Å². The molecule has 1 saturated heterocycles.